The Labute approximate surface area is 240 Å². The van der Waals surface area contributed by atoms with Gasteiger partial charge in [-0.05, 0) is 69.6 Å². The van der Waals surface area contributed by atoms with Crippen LogP contribution in [0.3, 0.4) is 0 Å². The van der Waals surface area contributed by atoms with Crippen LogP contribution in [0.2, 0.25) is 0 Å². The van der Waals surface area contributed by atoms with Crippen molar-refractivity contribution in [3.63, 3.8) is 0 Å². The third-order valence-electron chi connectivity index (χ3n) is 8.53. The van der Waals surface area contributed by atoms with Crippen molar-refractivity contribution >= 4 is 34.4 Å². The van der Waals surface area contributed by atoms with Crippen LogP contribution in [0.1, 0.15) is 103 Å². The average molecular weight is 563 g/mol. The van der Waals surface area contributed by atoms with Crippen molar-refractivity contribution in [2.45, 2.75) is 77.0 Å². The lowest BCUT2D eigenvalue weighted by Crippen LogP contribution is -2.36. The van der Waals surface area contributed by atoms with Gasteiger partial charge in [-0.3, -0.25) is 19.7 Å². The Morgan fingerprint density at radius 2 is 1.85 bits per heavy atom. The summed E-state index contributed by atoms with van der Waals surface area (Å²) in [5.41, 5.74) is 2.32. The van der Waals surface area contributed by atoms with E-state index < -0.39 is 11.8 Å². The second kappa shape index (κ2) is 13.4. The number of benzene rings is 2. The Kier molecular flexibility index (Phi) is 9.44. The summed E-state index contributed by atoms with van der Waals surface area (Å²) < 4.78 is 18.9. The van der Waals surface area contributed by atoms with Crippen molar-refractivity contribution in [1.29, 1.82) is 0 Å². The smallest absolute Gasteiger partial charge is 0.261 e. The number of piperidine rings is 1. The fraction of sp³-hybridized carbons (Fsp3) is 0.500. The van der Waals surface area contributed by atoms with Crippen LogP contribution >= 0.6 is 0 Å². The van der Waals surface area contributed by atoms with E-state index in [1.54, 1.807) is 24.3 Å². The van der Waals surface area contributed by atoms with Crippen molar-refractivity contribution in [2.24, 2.45) is 5.92 Å². The molecule has 1 atom stereocenters. The number of unbranched alkanes of at least 4 members (excludes halogenated alkanes) is 5. The van der Waals surface area contributed by atoms with Crippen LogP contribution in [0.5, 0.6) is 0 Å². The number of amides is 3. The Bertz CT molecular complexity index is 1400. The first kappa shape index (κ1) is 28.9. The van der Waals surface area contributed by atoms with Gasteiger partial charge < -0.3 is 14.7 Å². The first-order valence-electron chi connectivity index (χ1n) is 15.0. The molecule has 1 aromatic heterocycles. The molecule has 3 heterocycles. The summed E-state index contributed by atoms with van der Waals surface area (Å²) in [6, 6.07) is 9.54. The molecular formula is C32H39FN4O4. The number of nitrogens with zero attached hydrogens (tertiary/aromatic N) is 2. The standard InChI is InChI=1S/C32H39FN4O4/c1-2-3-4-5-6-7-9-22(30(38)34-26-11-8-10-25-28(26)32(40)35-31(25)39)16-19-37-17-14-21(15-18-37)29-24-13-12-23(33)20-27(24)41-36-29/h8,10-13,20-22H,2-7,9,14-19H2,1H3,(H,34,38)(H,35,39,40). The summed E-state index contributed by atoms with van der Waals surface area (Å²) in [5.74, 6) is -1.27. The van der Waals surface area contributed by atoms with Gasteiger partial charge in [-0.2, -0.15) is 0 Å². The zero-order valence-electron chi connectivity index (χ0n) is 23.7. The summed E-state index contributed by atoms with van der Waals surface area (Å²) in [4.78, 5) is 40.3. The maximum absolute atomic E-state index is 13.6. The van der Waals surface area contributed by atoms with E-state index >= 15 is 0 Å². The number of hydrogen-bond acceptors (Lipinski definition) is 6. The van der Waals surface area contributed by atoms with Gasteiger partial charge in [0.1, 0.15) is 5.82 Å². The summed E-state index contributed by atoms with van der Waals surface area (Å²) in [6.45, 7) is 4.78. The molecule has 2 aromatic carbocycles. The number of nitrogens with one attached hydrogen (secondary N) is 2. The molecule has 5 rings (SSSR count). The largest absolute Gasteiger partial charge is 0.356 e. The number of anilines is 1. The molecule has 3 amide bonds. The van der Waals surface area contributed by atoms with Crippen LogP contribution in [0.15, 0.2) is 40.9 Å². The molecule has 2 aliphatic heterocycles. The molecule has 0 bridgehead atoms. The maximum Gasteiger partial charge on any atom is 0.261 e. The maximum atomic E-state index is 13.6. The zero-order valence-corrected chi connectivity index (χ0v) is 23.7. The monoisotopic (exact) mass is 562 g/mol. The quantitative estimate of drug-likeness (QED) is 0.184. The van der Waals surface area contributed by atoms with Gasteiger partial charge >= 0.3 is 0 Å². The number of rotatable bonds is 13. The molecule has 3 aromatic rings. The van der Waals surface area contributed by atoms with Crippen molar-refractivity contribution < 1.29 is 23.3 Å². The SMILES string of the molecule is CCCCCCCCC(CCN1CCC(c2noc3cc(F)ccc23)CC1)C(=O)Nc1cccc2c1C(=O)NC2=O. The van der Waals surface area contributed by atoms with Crippen molar-refractivity contribution in [1.82, 2.24) is 15.4 Å². The first-order valence-corrected chi connectivity index (χ1v) is 15.0. The van der Waals surface area contributed by atoms with E-state index in [0.717, 1.165) is 69.2 Å². The summed E-state index contributed by atoms with van der Waals surface area (Å²) in [6.07, 6.45) is 10.3. The number of carbonyl (C=O) groups excluding carboxylic acids is 3. The predicted molar refractivity (Wildman–Crippen MR) is 155 cm³/mol. The van der Waals surface area contributed by atoms with Crippen LogP contribution in [0.4, 0.5) is 10.1 Å². The predicted octanol–water partition coefficient (Wildman–Crippen LogP) is 6.43. The number of fused-ring (bicyclic) bond motifs is 2. The molecule has 0 radical (unpaired) electrons. The molecule has 0 aliphatic carbocycles. The van der Waals surface area contributed by atoms with E-state index in [9.17, 15) is 18.8 Å². The topological polar surface area (TPSA) is 105 Å². The van der Waals surface area contributed by atoms with Crippen LogP contribution in [-0.4, -0.2) is 47.4 Å². The fourth-order valence-corrected chi connectivity index (χ4v) is 6.13. The number of halogens is 1. The molecule has 1 fully saturated rings. The summed E-state index contributed by atoms with van der Waals surface area (Å²) in [7, 11) is 0. The third-order valence-corrected chi connectivity index (χ3v) is 8.53. The van der Waals surface area contributed by atoms with Crippen molar-refractivity contribution in [3.8, 4) is 0 Å². The van der Waals surface area contributed by atoms with Crippen molar-refractivity contribution in [2.75, 3.05) is 25.0 Å². The number of imide groups is 1. The van der Waals surface area contributed by atoms with E-state index in [-0.39, 0.29) is 29.1 Å². The number of hydrogen-bond donors (Lipinski definition) is 2. The van der Waals surface area contributed by atoms with Gasteiger partial charge in [-0.1, -0.05) is 56.7 Å². The molecule has 2 aliphatic rings. The van der Waals surface area contributed by atoms with Gasteiger partial charge in [-0.25, -0.2) is 4.39 Å². The molecule has 218 valence electrons. The van der Waals surface area contributed by atoms with E-state index in [1.165, 1.54) is 37.8 Å². The molecule has 9 heteroatoms. The highest BCUT2D eigenvalue weighted by atomic mass is 19.1. The molecule has 8 nitrogen and oxygen atoms in total. The van der Waals surface area contributed by atoms with Gasteiger partial charge in [0.25, 0.3) is 11.8 Å². The lowest BCUT2D eigenvalue weighted by atomic mass is 9.90. The Morgan fingerprint density at radius 3 is 2.66 bits per heavy atom. The zero-order chi connectivity index (χ0) is 28.8. The minimum absolute atomic E-state index is 0.102. The highest BCUT2D eigenvalue weighted by molar-refractivity contribution is 6.24. The van der Waals surface area contributed by atoms with Gasteiger partial charge in [-0.15, -0.1) is 0 Å². The van der Waals surface area contributed by atoms with E-state index in [4.69, 9.17) is 4.52 Å². The fourth-order valence-electron chi connectivity index (χ4n) is 6.13. The van der Waals surface area contributed by atoms with Gasteiger partial charge in [0.15, 0.2) is 5.58 Å². The first-order chi connectivity index (χ1) is 19.9. The average Bonchev–Trinajstić information content (AvgIpc) is 3.52. The molecule has 41 heavy (non-hydrogen) atoms. The Morgan fingerprint density at radius 1 is 1.07 bits per heavy atom. The molecule has 0 spiro atoms. The van der Waals surface area contributed by atoms with Crippen LogP contribution < -0.4 is 10.6 Å². The van der Waals surface area contributed by atoms with E-state index in [1.807, 2.05) is 0 Å². The second-order valence-electron chi connectivity index (χ2n) is 11.4. The molecular weight excluding hydrogens is 523 g/mol. The molecule has 0 saturated carbocycles. The normalized spacial score (nSPS) is 16.6. The van der Waals surface area contributed by atoms with Crippen molar-refractivity contribution in [3.05, 3.63) is 59.0 Å². The van der Waals surface area contributed by atoms with Gasteiger partial charge in [0.2, 0.25) is 5.91 Å². The van der Waals surface area contributed by atoms with Crippen LogP contribution in [0.25, 0.3) is 11.0 Å². The number of carbonyl (C=O) groups is 3. The highest BCUT2D eigenvalue weighted by Gasteiger charge is 2.31. The molecule has 2 N–H and O–H groups in total. The third kappa shape index (κ3) is 6.84. The number of likely N-dealkylation sites (tertiary alicyclic amines) is 1. The van der Waals surface area contributed by atoms with Crippen LogP contribution in [0, 0.1) is 11.7 Å². The van der Waals surface area contributed by atoms with E-state index in [2.05, 4.69) is 27.6 Å². The lowest BCUT2D eigenvalue weighted by Gasteiger charge is -2.32. The molecule has 1 unspecified atom stereocenters. The van der Waals surface area contributed by atoms with Gasteiger partial charge in [0.05, 0.1) is 22.5 Å². The van der Waals surface area contributed by atoms with E-state index in [0.29, 0.717) is 16.8 Å². The summed E-state index contributed by atoms with van der Waals surface area (Å²) in [5, 5.41) is 10.4. The van der Waals surface area contributed by atoms with Gasteiger partial charge in [0, 0.05) is 23.3 Å². The van der Waals surface area contributed by atoms with Crippen LogP contribution in [-0.2, 0) is 4.79 Å². The Hall–Kier alpha value is -3.59. The second-order valence-corrected chi connectivity index (χ2v) is 11.4. The number of aromatic nitrogens is 1. The minimum Gasteiger partial charge on any atom is -0.356 e. The Balaban J connectivity index is 1.18. The highest BCUT2D eigenvalue weighted by Crippen LogP contribution is 2.33. The minimum atomic E-state index is -0.471. The lowest BCUT2D eigenvalue weighted by molar-refractivity contribution is -0.120. The molecule has 1 saturated heterocycles. The summed E-state index contributed by atoms with van der Waals surface area (Å²) >= 11 is 0.